The average Bonchev–Trinajstić information content (AvgIpc) is 2.57. The molecule has 0 aliphatic carbocycles. The Balaban J connectivity index is 1.85. The van der Waals surface area contributed by atoms with Crippen molar-refractivity contribution in [2.24, 2.45) is 0 Å². The molecule has 3 amide bonds. The van der Waals surface area contributed by atoms with Crippen LogP contribution in [-0.2, 0) is 16.1 Å². The van der Waals surface area contributed by atoms with Crippen molar-refractivity contribution in [1.82, 2.24) is 15.1 Å². The van der Waals surface area contributed by atoms with Gasteiger partial charge in [-0.2, -0.15) is 0 Å². The van der Waals surface area contributed by atoms with Crippen molar-refractivity contribution < 1.29 is 19.1 Å². The number of likely N-dealkylation sites (N-methyl/N-ethyl adjacent to an activating group) is 1. The van der Waals surface area contributed by atoms with Gasteiger partial charge in [-0.15, -0.1) is 0 Å². The molecule has 0 spiro atoms. The number of nitrogens with zero attached hydrogens (tertiary/aromatic N) is 2. The predicted octanol–water partition coefficient (Wildman–Crippen LogP) is 1.08. The molecule has 7 heteroatoms. The van der Waals surface area contributed by atoms with Gasteiger partial charge in [-0.1, -0.05) is 12.1 Å². The minimum atomic E-state index is -0.228. The van der Waals surface area contributed by atoms with Crippen LogP contribution in [0.4, 0.5) is 4.79 Å². The van der Waals surface area contributed by atoms with Gasteiger partial charge in [0.2, 0.25) is 5.91 Å². The van der Waals surface area contributed by atoms with Gasteiger partial charge in [-0.05, 0) is 24.6 Å². The lowest BCUT2D eigenvalue weighted by Gasteiger charge is -2.37. The van der Waals surface area contributed by atoms with Crippen LogP contribution in [0.15, 0.2) is 24.3 Å². The first kappa shape index (κ1) is 18.1. The van der Waals surface area contributed by atoms with Gasteiger partial charge in [-0.25, -0.2) is 4.79 Å². The molecule has 2 rings (SSSR count). The molecule has 1 aromatic carbocycles. The third kappa shape index (κ3) is 4.86. The van der Waals surface area contributed by atoms with E-state index in [0.29, 0.717) is 26.3 Å². The molecule has 1 unspecified atom stereocenters. The number of urea groups is 1. The molecule has 1 aromatic rings. The highest BCUT2D eigenvalue weighted by molar-refractivity contribution is 5.85. The number of amides is 3. The zero-order valence-corrected chi connectivity index (χ0v) is 14.4. The van der Waals surface area contributed by atoms with Crippen molar-refractivity contribution in [3.8, 4) is 5.75 Å². The molecule has 1 heterocycles. The molecule has 1 aliphatic rings. The van der Waals surface area contributed by atoms with Crippen LogP contribution in [0.25, 0.3) is 0 Å². The minimum absolute atomic E-state index is 0.0227. The molecule has 1 atom stereocenters. The number of benzene rings is 1. The zero-order valence-electron chi connectivity index (χ0n) is 14.4. The maximum atomic E-state index is 12.3. The van der Waals surface area contributed by atoms with Crippen LogP contribution >= 0.6 is 0 Å². The maximum absolute atomic E-state index is 12.3. The van der Waals surface area contributed by atoms with E-state index in [1.54, 1.807) is 24.0 Å². The fraction of sp³-hybridized carbons (Fsp3) is 0.529. The second kappa shape index (κ2) is 8.54. The topological polar surface area (TPSA) is 71.1 Å². The van der Waals surface area contributed by atoms with Crippen molar-refractivity contribution in [1.29, 1.82) is 0 Å². The van der Waals surface area contributed by atoms with Gasteiger partial charge in [-0.3, -0.25) is 4.79 Å². The average molecular weight is 335 g/mol. The summed E-state index contributed by atoms with van der Waals surface area (Å²) in [5, 5.41) is 2.86. The van der Waals surface area contributed by atoms with Crippen molar-refractivity contribution in [3.05, 3.63) is 29.8 Å². The van der Waals surface area contributed by atoms with Crippen LogP contribution in [0.3, 0.4) is 0 Å². The second-order valence-electron chi connectivity index (χ2n) is 5.88. The van der Waals surface area contributed by atoms with Crippen LogP contribution in [0.5, 0.6) is 5.75 Å². The smallest absolute Gasteiger partial charge is 0.318 e. The Morgan fingerprint density at radius 3 is 2.88 bits per heavy atom. The second-order valence-corrected chi connectivity index (χ2v) is 5.88. The number of hydrogen-bond donors (Lipinski definition) is 1. The quantitative estimate of drug-likeness (QED) is 0.790. The summed E-state index contributed by atoms with van der Waals surface area (Å²) in [5.74, 6) is 0.694. The van der Waals surface area contributed by atoms with Crippen LogP contribution in [0.1, 0.15) is 12.5 Å². The van der Waals surface area contributed by atoms with Crippen molar-refractivity contribution in [2.75, 3.05) is 40.5 Å². The molecule has 0 aromatic heterocycles. The molecule has 1 saturated heterocycles. The van der Waals surface area contributed by atoms with Crippen molar-refractivity contribution in [3.63, 3.8) is 0 Å². The molecule has 0 bridgehead atoms. The van der Waals surface area contributed by atoms with Crippen LogP contribution in [-0.4, -0.2) is 68.2 Å². The molecule has 0 saturated carbocycles. The van der Waals surface area contributed by atoms with E-state index in [1.807, 2.05) is 31.2 Å². The largest absolute Gasteiger partial charge is 0.491 e. The standard InChI is InChI=1S/C17H25N3O4/c1-13-11-20(12-16(21)19(13)2)17(22)18-10-14-5-4-6-15(9-14)24-8-7-23-3/h4-6,9,13H,7-8,10-12H2,1-3H3,(H,18,22). The van der Waals surface area contributed by atoms with Gasteiger partial charge in [0.05, 0.1) is 6.61 Å². The maximum Gasteiger partial charge on any atom is 0.318 e. The third-order valence-electron chi connectivity index (χ3n) is 4.05. The Bertz CT molecular complexity index is 579. The molecule has 1 N–H and O–H groups in total. The Morgan fingerprint density at radius 1 is 1.38 bits per heavy atom. The Morgan fingerprint density at radius 2 is 2.17 bits per heavy atom. The van der Waals surface area contributed by atoms with E-state index in [1.165, 1.54) is 0 Å². The fourth-order valence-electron chi connectivity index (χ4n) is 2.46. The van der Waals surface area contributed by atoms with E-state index in [2.05, 4.69) is 5.32 Å². The first-order valence-electron chi connectivity index (χ1n) is 8.00. The predicted molar refractivity (Wildman–Crippen MR) is 89.9 cm³/mol. The van der Waals surface area contributed by atoms with Crippen molar-refractivity contribution >= 4 is 11.9 Å². The molecular weight excluding hydrogens is 310 g/mol. The molecule has 1 aliphatic heterocycles. The third-order valence-corrected chi connectivity index (χ3v) is 4.05. The number of methoxy groups -OCH3 is 1. The van der Waals surface area contributed by atoms with Crippen LogP contribution in [0, 0.1) is 0 Å². The van der Waals surface area contributed by atoms with Gasteiger partial charge in [0, 0.05) is 33.3 Å². The lowest BCUT2D eigenvalue weighted by Crippen LogP contribution is -2.57. The lowest BCUT2D eigenvalue weighted by molar-refractivity contribution is -0.135. The summed E-state index contributed by atoms with van der Waals surface area (Å²) in [7, 11) is 3.39. The molecular formula is C17H25N3O4. The number of carbonyl (C=O) groups is 2. The van der Waals surface area contributed by atoms with Gasteiger partial charge >= 0.3 is 6.03 Å². The molecule has 24 heavy (non-hydrogen) atoms. The number of hydrogen-bond acceptors (Lipinski definition) is 4. The number of carbonyl (C=O) groups excluding carboxylic acids is 2. The first-order chi connectivity index (χ1) is 11.5. The molecule has 132 valence electrons. The van der Waals surface area contributed by atoms with E-state index in [9.17, 15) is 9.59 Å². The Kier molecular flexibility index (Phi) is 6.43. The van der Waals surface area contributed by atoms with Crippen LogP contribution in [0.2, 0.25) is 0 Å². The van der Waals surface area contributed by atoms with E-state index in [0.717, 1.165) is 11.3 Å². The SMILES string of the molecule is COCCOc1cccc(CNC(=O)N2CC(=O)N(C)C(C)C2)c1. The molecule has 1 fully saturated rings. The summed E-state index contributed by atoms with van der Waals surface area (Å²) in [5.41, 5.74) is 0.937. The first-order valence-corrected chi connectivity index (χ1v) is 8.00. The summed E-state index contributed by atoms with van der Waals surface area (Å²) in [6.45, 7) is 3.97. The van der Waals surface area contributed by atoms with Gasteiger partial charge in [0.1, 0.15) is 18.9 Å². The lowest BCUT2D eigenvalue weighted by atomic mass is 10.2. The summed E-state index contributed by atoms with van der Waals surface area (Å²) in [6.07, 6.45) is 0. The number of nitrogens with one attached hydrogen (secondary N) is 1. The normalized spacial score (nSPS) is 17.8. The van der Waals surface area contributed by atoms with E-state index in [4.69, 9.17) is 9.47 Å². The van der Waals surface area contributed by atoms with E-state index >= 15 is 0 Å². The Labute approximate surface area is 142 Å². The number of ether oxygens (including phenoxy) is 2. The highest BCUT2D eigenvalue weighted by Crippen LogP contribution is 2.14. The monoisotopic (exact) mass is 335 g/mol. The van der Waals surface area contributed by atoms with Gasteiger partial charge in [0.25, 0.3) is 0 Å². The highest BCUT2D eigenvalue weighted by atomic mass is 16.5. The van der Waals surface area contributed by atoms with Crippen LogP contribution < -0.4 is 10.1 Å². The minimum Gasteiger partial charge on any atom is -0.491 e. The Hall–Kier alpha value is -2.28. The summed E-state index contributed by atoms with van der Waals surface area (Å²) in [6, 6.07) is 7.34. The highest BCUT2D eigenvalue weighted by Gasteiger charge is 2.29. The van der Waals surface area contributed by atoms with Gasteiger partial charge in [0.15, 0.2) is 0 Å². The number of rotatable bonds is 6. The van der Waals surface area contributed by atoms with E-state index < -0.39 is 0 Å². The molecule has 7 nitrogen and oxygen atoms in total. The summed E-state index contributed by atoms with van der Waals surface area (Å²) >= 11 is 0. The molecule has 0 radical (unpaired) electrons. The fourth-order valence-corrected chi connectivity index (χ4v) is 2.46. The summed E-state index contributed by atoms with van der Waals surface area (Å²) < 4.78 is 10.5. The summed E-state index contributed by atoms with van der Waals surface area (Å²) in [4.78, 5) is 27.3. The van der Waals surface area contributed by atoms with Crippen molar-refractivity contribution in [2.45, 2.75) is 19.5 Å². The van der Waals surface area contributed by atoms with Gasteiger partial charge < -0.3 is 24.6 Å². The zero-order chi connectivity index (χ0) is 17.5. The van der Waals surface area contributed by atoms with E-state index in [-0.39, 0.29) is 24.5 Å². The number of piperazine rings is 1.